The van der Waals surface area contributed by atoms with Crippen molar-refractivity contribution in [3.63, 3.8) is 0 Å². The van der Waals surface area contributed by atoms with Crippen molar-refractivity contribution in [2.75, 3.05) is 10.6 Å². The highest BCUT2D eigenvalue weighted by Crippen LogP contribution is 2.30. The fraction of sp³-hybridized carbons (Fsp3) is 0.0870. The first-order valence-corrected chi connectivity index (χ1v) is 19.0. The molecule has 9 nitrogen and oxygen atoms in total. The maximum Gasteiger partial charge on any atom is 0.272 e. The number of rotatable bonds is 14. The van der Waals surface area contributed by atoms with Crippen LogP contribution in [0.2, 0.25) is 0 Å². The van der Waals surface area contributed by atoms with Crippen molar-refractivity contribution < 1.29 is 23.5 Å². The van der Waals surface area contributed by atoms with Gasteiger partial charge in [-0.1, -0.05) is 85.8 Å². The molecule has 1 unspecified atom stereocenters. The average molecular weight is 759 g/mol. The van der Waals surface area contributed by atoms with Gasteiger partial charge in [-0.15, -0.1) is 11.8 Å². The number of hydrogen-bond acceptors (Lipinski definition) is 7. The molecule has 1 atom stereocenters. The van der Waals surface area contributed by atoms with Crippen LogP contribution >= 0.6 is 11.8 Å². The molecule has 0 radical (unpaired) electrons. The lowest BCUT2D eigenvalue weighted by molar-refractivity contribution is -0.116. The second kappa shape index (κ2) is 17.9. The molecule has 7 aromatic rings. The van der Waals surface area contributed by atoms with Crippen molar-refractivity contribution in [3.8, 4) is 17.2 Å². The van der Waals surface area contributed by atoms with Gasteiger partial charge < -0.3 is 25.1 Å². The number of hydrogen-bond donors (Lipinski definition) is 3. The lowest BCUT2D eigenvalue weighted by Crippen LogP contribution is -2.30. The molecule has 0 aliphatic carbocycles. The molecule has 1 heterocycles. The zero-order valence-corrected chi connectivity index (χ0v) is 31.3. The van der Waals surface area contributed by atoms with E-state index in [9.17, 15) is 14.4 Å². The molecule has 0 saturated heterocycles. The van der Waals surface area contributed by atoms with Gasteiger partial charge >= 0.3 is 0 Å². The molecule has 10 heteroatoms. The molecule has 0 aliphatic rings. The molecule has 278 valence electrons. The van der Waals surface area contributed by atoms with Gasteiger partial charge in [0.25, 0.3) is 11.8 Å². The summed E-state index contributed by atoms with van der Waals surface area (Å²) in [6.45, 7) is 2.38. The third-order valence-electron chi connectivity index (χ3n) is 8.69. The highest BCUT2D eigenvalue weighted by atomic mass is 32.2. The predicted molar refractivity (Wildman–Crippen MR) is 222 cm³/mol. The van der Waals surface area contributed by atoms with Crippen molar-refractivity contribution >= 4 is 58.0 Å². The first kappa shape index (κ1) is 37.4. The normalized spacial score (nSPS) is 11.8. The van der Waals surface area contributed by atoms with Gasteiger partial charge in [0.1, 0.15) is 23.6 Å². The van der Waals surface area contributed by atoms with E-state index < -0.39 is 17.1 Å². The lowest BCUT2D eigenvalue weighted by atomic mass is 10.1. The number of carbonyl (C=O) groups excluding carboxylic acids is 3. The predicted octanol–water partition coefficient (Wildman–Crippen LogP) is 9.99. The first-order valence-electron chi connectivity index (χ1n) is 18.1. The Morgan fingerprint density at radius 1 is 0.750 bits per heavy atom. The second-order valence-electron chi connectivity index (χ2n) is 12.8. The summed E-state index contributed by atoms with van der Waals surface area (Å²) in [5, 5.41) is 8.32. The summed E-state index contributed by atoms with van der Waals surface area (Å²) >= 11 is 1.40. The Bertz CT molecular complexity index is 2430. The monoisotopic (exact) mass is 758 g/mol. The zero-order valence-electron chi connectivity index (χ0n) is 30.5. The van der Waals surface area contributed by atoms with Crippen molar-refractivity contribution in [2.45, 2.75) is 30.1 Å². The van der Waals surface area contributed by atoms with E-state index in [1.54, 1.807) is 36.4 Å². The number of ether oxygens (including phenoxy) is 1. The van der Waals surface area contributed by atoms with Crippen LogP contribution in [-0.2, 0) is 16.2 Å². The number of carbonyl (C=O) groups is 3. The Morgan fingerprint density at radius 2 is 1.46 bits per heavy atom. The quantitative estimate of drug-likeness (QED) is 0.0746. The number of oxazole rings is 1. The molecule has 0 spiro atoms. The van der Waals surface area contributed by atoms with Crippen LogP contribution in [0.3, 0.4) is 0 Å². The Morgan fingerprint density at radius 3 is 2.20 bits per heavy atom. The summed E-state index contributed by atoms with van der Waals surface area (Å²) in [5.41, 5.74) is 5.68. The number of aromatic nitrogens is 1. The van der Waals surface area contributed by atoms with Crippen LogP contribution in [0.1, 0.15) is 34.8 Å². The number of benzene rings is 6. The molecule has 6 aromatic carbocycles. The lowest BCUT2D eigenvalue weighted by Gasteiger charge is -2.16. The minimum Gasteiger partial charge on any atom is -0.489 e. The Balaban J connectivity index is 1.01. The van der Waals surface area contributed by atoms with Gasteiger partial charge in [-0.3, -0.25) is 14.4 Å². The van der Waals surface area contributed by atoms with Gasteiger partial charge in [-0.25, -0.2) is 4.98 Å². The maximum absolute atomic E-state index is 13.8. The molecule has 3 N–H and O–H groups in total. The van der Waals surface area contributed by atoms with E-state index in [0.717, 1.165) is 21.5 Å². The molecule has 7 rings (SSSR count). The Hall–Kier alpha value is -6.91. The van der Waals surface area contributed by atoms with Crippen LogP contribution in [-0.4, -0.2) is 28.0 Å². The van der Waals surface area contributed by atoms with Gasteiger partial charge in [0, 0.05) is 27.4 Å². The third kappa shape index (κ3) is 9.79. The summed E-state index contributed by atoms with van der Waals surface area (Å²) in [6.07, 6.45) is 2.19. The minimum absolute atomic E-state index is 0.0581. The summed E-state index contributed by atoms with van der Waals surface area (Å²) in [5.74, 6) is 0.113. The minimum atomic E-state index is -0.507. The zero-order chi connectivity index (χ0) is 38.7. The van der Waals surface area contributed by atoms with Crippen molar-refractivity contribution in [1.29, 1.82) is 0 Å². The first-order chi connectivity index (χ1) is 27.4. The van der Waals surface area contributed by atoms with Gasteiger partial charge in [-0.2, -0.15) is 0 Å². The average Bonchev–Trinajstić information content (AvgIpc) is 3.68. The van der Waals surface area contributed by atoms with Crippen LogP contribution in [0, 0.1) is 0 Å². The topological polar surface area (TPSA) is 123 Å². The molecule has 0 saturated carbocycles. The number of thioether (sulfide) groups is 1. The van der Waals surface area contributed by atoms with Crippen molar-refractivity contribution in [2.24, 2.45) is 0 Å². The smallest absolute Gasteiger partial charge is 0.272 e. The van der Waals surface area contributed by atoms with E-state index >= 15 is 0 Å². The summed E-state index contributed by atoms with van der Waals surface area (Å²) in [6, 6.07) is 48.1. The molecule has 1 aromatic heterocycles. The van der Waals surface area contributed by atoms with Gasteiger partial charge in [0.2, 0.25) is 11.8 Å². The van der Waals surface area contributed by atoms with E-state index in [0.29, 0.717) is 52.8 Å². The number of nitrogens with zero attached hydrogens (tertiary/aromatic N) is 1. The Labute approximate surface area is 328 Å². The Kier molecular flexibility index (Phi) is 12.0. The summed E-state index contributed by atoms with van der Waals surface area (Å²) in [4.78, 5) is 45.7. The van der Waals surface area contributed by atoms with Crippen LogP contribution in [0.4, 0.5) is 11.4 Å². The number of anilines is 2. The molecule has 0 fully saturated rings. The maximum atomic E-state index is 13.8. The molecule has 0 aliphatic heterocycles. The largest absolute Gasteiger partial charge is 0.489 e. The van der Waals surface area contributed by atoms with Gasteiger partial charge in [0.05, 0.1) is 5.25 Å². The third-order valence-corrected chi connectivity index (χ3v) is 10.1. The van der Waals surface area contributed by atoms with Crippen LogP contribution in [0.15, 0.2) is 173 Å². The highest BCUT2D eigenvalue weighted by Gasteiger charge is 2.20. The van der Waals surface area contributed by atoms with E-state index in [4.69, 9.17) is 9.15 Å². The number of nitrogens with one attached hydrogen (secondary N) is 3. The standard InChI is InChI=1S/C46H38N4O5S/c1-2-42(45(53)47-35-24-22-34(23-25-35)46-50-39-18-9-10-19-41(39)55-46)56-38-17-11-16-36(29-38)48-44(52)40(49-43(51)33-14-7-4-8-15-33)28-31-20-26-37(27-21-31)54-30-32-12-5-3-6-13-32/h3-29,42H,2,30H2,1H3,(H,47,53)(H,48,52)(H,49,51)/b40-28-. The molecule has 0 bridgehead atoms. The van der Waals surface area contributed by atoms with Crippen LogP contribution < -0.4 is 20.7 Å². The second-order valence-corrected chi connectivity index (χ2v) is 14.0. The van der Waals surface area contributed by atoms with E-state index in [-0.39, 0.29) is 11.6 Å². The van der Waals surface area contributed by atoms with Crippen molar-refractivity contribution in [3.05, 3.63) is 180 Å². The summed E-state index contributed by atoms with van der Waals surface area (Å²) in [7, 11) is 0. The number of para-hydroxylation sites is 2. The molecule has 56 heavy (non-hydrogen) atoms. The van der Waals surface area contributed by atoms with E-state index in [2.05, 4.69) is 20.9 Å². The number of fused-ring (bicyclic) bond motifs is 1. The molecule has 3 amide bonds. The highest BCUT2D eigenvalue weighted by molar-refractivity contribution is 8.00. The van der Waals surface area contributed by atoms with Crippen LogP contribution in [0.25, 0.3) is 28.6 Å². The van der Waals surface area contributed by atoms with Gasteiger partial charge in [0.15, 0.2) is 5.58 Å². The SMILES string of the molecule is CCC(Sc1cccc(NC(=O)/C(=C/c2ccc(OCc3ccccc3)cc2)NC(=O)c2ccccc2)c1)C(=O)Nc1ccc(-c2nc3ccccc3o2)cc1. The van der Waals surface area contributed by atoms with E-state index in [1.165, 1.54) is 11.8 Å². The van der Waals surface area contributed by atoms with Crippen LogP contribution in [0.5, 0.6) is 5.75 Å². The van der Waals surface area contributed by atoms with Crippen molar-refractivity contribution in [1.82, 2.24) is 10.3 Å². The summed E-state index contributed by atoms with van der Waals surface area (Å²) < 4.78 is 11.8. The molecular formula is C46H38N4O5S. The fourth-order valence-corrected chi connectivity index (χ4v) is 6.77. The number of amides is 3. The van der Waals surface area contributed by atoms with E-state index in [1.807, 2.05) is 134 Å². The fourth-order valence-electron chi connectivity index (χ4n) is 5.76. The molecular weight excluding hydrogens is 721 g/mol. The van der Waals surface area contributed by atoms with Gasteiger partial charge in [-0.05, 0) is 102 Å².